The summed E-state index contributed by atoms with van der Waals surface area (Å²) in [4.78, 5) is 12.0. The summed E-state index contributed by atoms with van der Waals surface area (Å²) in [5, 5.41) is 12.8. The van der Waals surface area contributed by atoms with E-state index in [1.54, 1.807) is 32.2 Å². The molecule has 1 aromatic heterocycles. The van der Waals surface area contributed by atoms with E-state index in [2.05, 4.69) is 14.1 Å². The summed E-state index contributed by atoms with van der Waals surface area (Å²) in [6.45, 7) is 2.28. The van der Waals surface area contributed by atoms with Crippen molar-refractivity contribution in [2.75, 3.05) is 20.3 Å². The lowest BCUT2D eigenvalue weighted by molar-refractivity contribution is 0.0243. The highest BCUT2D eigenvalue weighted by molar-refractivity contribution is 7.00. The van der Waals surface area contributed by atoms with Crippen molar-refractivity contribution in [2.24, 2.45) is 0 Å². The van der Waals surface area contributed by atoms with Crippen molar-refractivity contribution < 1.29 is 14.6 Å². The lowest BCUT2D eigenvalue weighted by atomic mass is 10.0. The normalized spacial score (nSPS) is 14.2. The second kappa shape index (κ2) is 6.25. The first-order chi connectivity index (χ1) is 9.52. The van der Waals surface area contributed by atoms with Crippen LogP contribution in [-0.2, 0) is 4.74 Å². The Morgan fingerprint density at radius 3 is 2.95 bits per heavy atom. The zero-order chi connectivity index (χ0) is 14.6. The molecule has 0 aliphatic rings. The molecule has 108 valence electrons. The van der Waals surface area contributed by atoms with Crippen molar-refractivity contribution in [1.29, 1.82) is 0 Å². The summed E-state index contributed by atoms with van der Waals surface area (Å²) in [7, 11) is 1.58. The molecule has 0 saturated carbocycles. The van der Waals surface area contributed by atoms with E-state index in [1.807, 2.05) is 0 Å². The number of carbonyl (C=O) groups is 1. The van der Waals surface area contributed by atoms with Crippen molar-refractivity contribution >= 4 is 28.7 Å². The van der Waals surface area contributed by atoms with Crippen LogP contribution in [-0.4, -0.2) is 45.6 Å². The summed E-state index contributed by atoms with van der Waals surface area (Å²) in [5.74, 6) is -0.238. The molecule has 0 aliphatic carbocycles. The Labute approximate surface area is 121 Å². The number of hydrogen-bond donors (Lipinski definition) is 2. The van der Waals surface area contributed by atoms with Gasteiger partial charge in [-0.15, -0.1) is 0 Å². The van der Waals surface area contributed by atoms with Gasteiger partial charge in [0.25, 0.3) is 5.91 Å². The summed E-state index contributed by atoms with van der Waals surface area (Å²) in [6.07, 6.45) is 0.457. The molecule has 1 unspecified atom stereocenters. The third-order valence-corrected chi connectivity index (χ3v) is 3.55. The molecule has 1 atom stereocenters. The fourth-order valence-corrected chi connectivity index (χ4v) is 2.22. The van der Waals surface area contributed by atoms with Gasteiger partial charge in [-0.2, -0.15) is 8.75 Å². The number of benzene rings is 1. The number of fused-ring (bicyclic) bond motifs is 1. The van der Waals surface area contributed by atoms with E-state index in [4.69, 9.17) is 4.74 Å². The molecule has 0 radical (unpaired) electrons. The maximum atomic E-state index is 12.0. The Hall–Kier alpha value is -1.57. The smallest absolute Gasteiger partial charge is 0.251 e. The Balaban J connectivity index is 1.97. The van der Waals surface area contributed by atoms with Crippen LogP contribution in [0.5, 0.6) is 0 Å². The van der Waals surface area contributed by atoms with Crippen LogP contribution in [0.25, 0.3) is 11.0 Å². The van der Waals surface area contributed by atoms with Crippen molar-refractivity contribution in [1.82, 2.24) is 14.1 Å². The van der Waals surface area contributed by atoms with Crippen LogP contribution in [0.1, 0.15) is 23.7 Å². The number of aromatic nitrogens is 2. The molecule has 2 aromatic rings. The molecule has 2 N–H and O–H groups in total. The maximum absolute atomic E-state index is 12.0. The fourth-order valence-electron chi connectivity index (χ4n) is 1.71. The molecular weight excluding hydrogens is 278 g/mol. The number of ether oxygens (including phenoxy) is 1. The van der Waals surface area contributed by atoms with Crippen LogP contribution < -0.4 is 5.32 Å². The molecular formula is C13H17N3O3S. The molecule has 1 amide bonds. The first kappa shape index (κ1) is 14.8. The predicted molar refractivity (Wildman–Crippen MR) is 76.9 cm³/mol. The largest absolute Gasteiger partial charge is 0.388 e. The second-order valence-corrected chi connectivity index (χ2v) is 5.42. The molecule has 0 bridgehead atoms. The van der Waals surface area contributed by atoms with Gasteiger partial charge in [0, 0.05) is 32.2 Å². The van der Waals surface area contributed by atoms with E-state index >= 15 is 0 Å². The van der Waals surface area contributed by atoms with Gasteiger partial charge in [-0.1, -0.05) is 0 Å². The third-order valence-electron chi connectivity index (χ3n) is 2.99. The van der Waals surface area contributed by atoms with Gasteiger partial charge in [0.1, 0.15) is 11.0 Å². The fraction of sp³-hybridized carbons (Fsp3) is 0.462. The van der Waals surface area contributed by atoms with Crippen molar-refractivity contribution in [3.05, 3.63) is 23.8 Å². The Morgan fingerprint density at radius 2 is 2.20 bits per heavy atom. The lowest BCUT2D eigenvalue weighted by Gasteiger charge is -2.23. The number of nitrogens with zero attached hydrogens (tertiary/aromatic N) is 2. The van der Waals surface area contributed by atoms with Gasteiger partial charge in [-0.3, -0.25) is 4.79 Å². The van der Waals surface area contributed by atoms with Crippen LogP contribution in [0.3, 0.4) is 0 Å². The van der Waals surface area contributed by atoms with Crippen LogP contribution in [0.2, 0.25) is 0 Å². The highest BCUT2D eigenvalue weighted by atomic mass is 32.1. The van der Waals surface area contributed by atoms with Crippen molar-refractivity contribution in [2.45, 2.75) is 18.9 Å². The summed E-state index contributed by atoms with van der Waals surface area (Å²) >= 11 is 1.11. The van der Waals surface area contributed by atoms with E-state index in [9.17, 15) is 9.90 Å². The Morgan fingerprint density at radius 1 is 1.45 bits per heavy atom. The number of methoxy groups -OCH3 is 1. The first-order valence-corrected chi connectivity index (χ1v) is 6.97. The minimum absolute atomic E-state index is 0.169. The van der Waals surface area contributed by atoms with E-state index in [1.165, 1.54) is 0 Å². The number of nitrogens with one attached hydrogen (secondary N) is 1. The Kier molecular flexibility index (Phi) is 4.64. The monoisotopic (exact) mass is 295 g/mol. The molecule has 2 rings (SSSR count). The molecule has 1 aromatic carbocycles. The lowest BCUT2D eigenvalue weighted by Crippen LogP contribution is -2.41. The van der Waals surface area contributed by atoms with Gasteiger partial charge in [-0.05, 0) is 25.1 Å². The molecule has 0 fully saturated rings. The van der Waals surface area contributed by atoms with Crippen LogP contribution in [0.15, 0.2) is 18.2 Å². The minimum Gasteiger partial charge on any atom is -0.388 e. The van der Waals surface area contributed by atoms with E-state index < -0.39 is 5.60 Å². The highest BCUT2D eigenvalue weighted by Crippen LogP contribution is 2.14. The third kappa shape index (κ3) is 3.72. The topological polar surface area (TPSA) is 84.3 Å². The van der Waals surface area contributed by atoms with Gasteiger partial charge < -0.3 is 15.2 Å². The first-order valence-electron chi connectivity index (χ1n) is 6.24. The van der Waals surface area contributed by atoms with Crippen molar-refractivity contribution in [3.63, 3.8) is 0 Å². The number of hydrogen-bond acceptors (Lipinski definition) is 6. The average Bonchev–Trinajstić information content (AvgIpc) is 2.90. The van der Waals surface area contributed by atoms with E-state index in [0.717, 1.165) is 17.2 Å². The molecule has 1 heterocycles. The standard InChI is InChI=1S/C13H17N3O3S/c1-13(18,5-6-19-2)8-14-12(17)9-3-4-10-11(7-9)16-20-15-10/h3-4,7,18H,5-6,8H2,1-2H3,(H,14,17). The van der Waals surface area contributed by atoms with Gasteiger partial charge >= 0.3 is 0 Å². The molecule has 0 spiro atoms. The number of rotatable bonds is 6. The van der Waals surface area contributed by atoms with E-state index in [-0.39, 0.29) is 12.5 Å². The average molecular weight is 295 g/mol. The summed E-state index contributed by atoms with van der Waals surface area (Å²) in [5.41, 5.74) is 0.998. The number of aliphatic hydroxyl groups is 1. The van der Waals surface area contributed by atoms with E-state index in [0.29, 0.717) is 24.1 Å². The SMILES string of the molecule is COCCC(C)(O)CNC(=O)c1ccc2nsnc2c1. The molecule has 20 heavy (non-hydrogen) atoms. The van der Waals surface area contributed by atoms with Crippen molar-refractivity contribution in [3.8, 4) is 0 Å². The molecule has 0 saturated heterocycles. The second-order valence-electron chi connectivity index (χ2n) is 4.89. The van der Waals surface area contributed by atoms with Crippen LogP contribution in [0, 0.1) is 0 Å². The van der Waals surface area contributed by atoms with Gasteiger partial charge in [-0.25, -0.2) is 0 Å². The van der Waals surface area contributed by atoms with Crippen LogP contribution in [0.4, 0.5) is 0 Å². The van der Waals surface area contributed by atoms with Gasteiger partial charge in [0.2, 0.25) is 0 Å². The maximum Gasteiger partial charge on any atom is 0.251 e. The van der Waals surface area contributed by atoms with Gasteiger partial charge in [0.15, 0.2) is 0 Å². The number of carbonyl (C=O) groups excluding carboxylic acids is 1. The summed E-state index contributed by atoms with van der Waals surface area (Å²) < 4.78 is 13.1. The van der Waals surface area contributed by atoms with Gasteiger partial charge in [0.05, 0.1) is 17.3 Å². The zero-order valence-corrected chi connectivity index (χ0v) is 12.2. The van der Waals surface area contributed by atoms with Crippen LogP contribution >= 0.6 is 11.7 Å². The quantitative estimate of drug-likeness (QED) is 0.837. The molecule has 6 nitrogen and oxygen atoms in total. The highest BCUT2D eigenvalue weighted by Gasteiger charge is 2.21. The summed E-state index contributed by atoms with van der Waals surface area (Å²) in [6, 6.07) is 5.15. The zero-order valence-electron chi connectivity index (χ0n) is 11.4. The minimum atomic E-state index is -0.988. The number of amides is 1. The molecule has 0 aliphatic heterocycles. The Bertz CT molecular complexity index is 597. The molecule has 7 heteroatoms. The predicted octanol–water partition coefficient (Wildman–Crippen LogP) is 1.21.